The zero-order valence-electron chi connectivity index (χ0n) is 11.4. The van der Waals surface area contributed by atoms with E-state index in [1.54, 1.807) is 26.6 Å². The topological polar surface area (TPSA) is 43.4 Å². The third kappa shape index (κ3) is 3.16. The van der Waals surface area contributed by atoms with E-state index >= 15 is 0 Å². The number of ether oxygens (including phenoxy) is 2. The van der Waals surface area contributed by atoms with Gasteiger partial charge in [0.2, 0.25) is 0 Å². The Balaban J connectivity index is 2.19. The number of anilines is 1. The Bertz CT molecular complexity index is 529. The molecule has 1 N–H and O–H groups in total. The van der Waals surface area contributed by atoms with E-state index in [-0.39, 0.29) is 6.04 Å². The Morgan fingerprint density at radius 3 is 2.42 bits per heavy atom. The van der Waals surface area contributed by atoms with Crippen LogP contribution in [0.5, 0.6) is 11.5 Å². The summed E-state index contributed by atoms with van der Waals surface area (Å²) in [5, 5.41) is 3.42. The molecular formula is C15H18N2O2. The fourth-order valence-corrected chi connectivity index (χ4v) is 1.89. The SMILES string of the molecule is COc1ccc(NC(C)c2ccncc2)c(OC)c1. The average Bonchev–Trinajstić information content (AvgIpc) is 2.48. The minimum absolute atomic E-state index is 0.172. The van der Waals surface area contributed by atoms with Crippen molar-refractivity contribution in [2.75, 3.05) is 19.5 Å². The summed E-state index contributed by atoms with van der Waals surface area (Å²) in [5.74, 6) is 1.54. The molecule has 100 valence electrons. The Kier molecular flexibility index (Phi) is 4.23. The van der Waals surface area contributed by atoms with Crippen molar-refractivity contribution in [1.82, 2.24) is 4.98 Å². The average molecular weight is 258 g/mol. The minimum atomic E-state index is 0.172. The molecule has 1 unspecified atom stereocenters. The molecule has 2 rings (SSSR count). The molecular weight excluding hydrogens is 240 g/mol. The molecule has 4 nitrogen and oxygen atoms in total. The molecule has 0 bridgehead atoms. The molecule has 19 heavy (non-hydrogen) atoms. The maximum atomic E-state index is 5.37. The third-order valence-corrected chi connectivity index (χ3v) is 2.99. The Morgan fingerprint density at radius 1 is 1.05 bits per heavy atom. The summed E-state index contributed by atoms with van der Waals surface area (Å²) in [7, 11) is 3.29. The molecule has 1 heterocycles. The van der Waals surface area contributed by atoms with Crippen LogP contribution in [0.4, 0.5) is 5.69 Å². The highest BCUT2D eigenvalue weighted by atomic mass is 16.5. The summed E-state index contributed by atoms with van der Waals surface area (Å²) in [5.41, 5.74) is 2.11. The van der Waals surface area contributed by atoms with Gasteiger partial charge < -0.3 is 14.8 Å². The second-order valence-corrected chi connectivity index (χ2v) is 4.21. The van der Waals surface area contributed by atoms with Gasteiger partial charge in [-0.3, -0.25) is 4.98 Å². The molecule has 0 radical (unpaired) electrons. The van der Waals surface area contributed by atoms with Gasteiger partial charge in [-0.25, -0.2) is 0 Å². The highest BCUT2D eigenvalue weighted by Crippen LogP contribution is 2.31. The van der Waals surface area contributed by atoms with Crippen molar-refractivity contribution in [3.8, 4) is 11.5 Å². The molecule has 0 aliphatic rings. The first kappa shape index (κ1) is 13.2. The van der Waals surface area contributed by atoms with Gasteiger partial charge in [0.25, 0.3) is 0 Å². The van der Waals surface area contributed by atoms with Crippen molar-refractivity contribution in [2.45, 2.75) is 13.0 Å². The van der Waals surface area contributed by atoms with Gasteiger partial charge in [0.05, 0.1) is 19.9 Å². The lowest BCUT2D eigenvalue weighted by Gasteiger charge is -2.18. The Labute approximate surface area is 113 Å². The molecule has 1 atom stereocenters. The summed E-state index contributed by atoms with van der Waals surface area (Å²) in [6.45, 7) is 2.10. The summed E-state index contributed by atoms with van der Waals surface area (Å²) in [4.78, 5) is 4.02. The first-order valence-corrected chi connectivity index (χ1v) is 6.13. The van der Waals surface area contributed by atoms with Crippen LogP contribution in [0.1, 0.15) is 18.5 Å². The first-order valence-electron chi connectivity index (χ1n) is 6.13. The van der Waals surface area contributed by atoms with Gasteiger partial charge in [-0.15, -0.1) is 0 Å². The number of hydrogen-bond acceptors (Lipinski definition) is 4. The van der Waals surface area contributed by atoms with Crippen LogP contribution in [0.25, 0.3) is 0 Å². The van der Waals surface area contributed by atoms with Crippen LogP contribution in [0.15, 0.2) is 42.7 Å². The maximum absolute atomic E-state index is 5.37. The molecule has 0 aliphatic carbocycles. The number of aromatic nitrogens is 1. The van der Waals surface area contributed by atoms with Crippen LogP contribution >= 0.6 is 0 Å². The first-order chi connectivity index (χ1) is 9.24. The lowest BCUT2D eigenvalue weighted by Crippen LogP contribution is -2.07. The summed E-state index contributed by atoms with van der Waals surface area (Å²) in [6.07, 6.45) is 3.58. The summed E-state index contributed by atoms with van der Waals surface area (Å²) in [6, 6.07) is 9.88. The zero-order chi connectivity index (χ0) is 13.7. The van der Waals surface area contributed by atoms with E-state index in [2.05, 4.69) is 17.2 Å². The molecule has 1 aromatic carbocycles. The molecule has 0 saturated carbocycles. The number of pyridine rings is 1. The van der Waals surface area contributed by atoms with Crippen LogP contribution in [-0.2, 0) is 0 Å². The number of hydrogen-bond donors (Lipinski definition) is 1. The van der Waals surface area contributed by atoms with Crippen molar-refractivity contribution in [3.63, 3.8) is 0 Å². The van der Waals surface area contributed by atoms with E-state index in [1.807, 2.05) is 30.3 Å². The maximum Gasteiger partial charge on any atom is 0.145 e. The molecule has 0 spiro atoms. The number of benzene rings is 1. The molecule has 0 amide bonds. The van der Waals surface area contributed by atoms with E-state index in [9.17, 15) is 0 Å². The normalized spacial score (nSPS) is 11.7. The third-order valence-electron chi connectivity index (χ3n) is 2.99. The number of nitrogens with zero attached hydrogens (tertiary/aromatic N) is 1. The fraction of sp³-hybridized carbons (Fsp3) is 0.267. The van der Waals surface area contributed by atoms with Crippen molar-refractivity contribution in [2.24, 2.45) is 0 Å². The van der Waals surface area contributed by atoms with Crippen molar-refractivity contribution >= 4 is 5.69 Å². The molecule has 0 fully saturated rings. The predicted octanol–water partition coefficient (Wildman–Crippen LogP) is 3.27. The van der Waals surface area contributed by atoms with E-state index in [4.69, 9.17) is 9.47 Å². The number of rotatable bonds is 5. The van der Waals surface area contributed by atoms with E-state index in [1.165, 1.54) is 5.56 Å². The largest absolute Gasteiger partial charge is 0.497 e. The lowest BCUT2D eigenvalue weighted by atomic mass is 10.1. The minimum Gasteiger partial charge on any atom is -0.497 e. The van der Waals surface area contributed by atoms with Crippen LogP contribution in [0.3, 0.4) is 0 Å². The molecule has 0 saturated heterocycles. The standard InChI is InChI=1S/C15H18N2O2/c1-11(12-6-8-16-9-7-12)17-14-5-4-13(18-2)10-15(14)19-3/h4-11,17H,1-3H3. The van der Waals surface area contributed by atoms with Gasteiger partial charge in [-0.1, -0.05) is 0 Å². The smallest absolute Gasteiger partial charge is 0.145 e. The van der Waals surface area contributed by atoms with E-state index in [0.717, 1.165) is 17.2 Å². The van der Waals surface area contributed by atoms with Crippen molar-refractivity contribution in [1.29, 1.82) is 0 Å². The van der Waals surface area contributed by atoms with Gasteiger partial charge in [0, 0.05) is 24.5 Å². The van der Waals surface area contributed by atoms with Crippen LogP contribution < -0.4 is 14.8 Å². The quantitative estimate of drug-likeness (QED) is 0.893. The summed E-state index contributed by atoms with van der Waals surface area (Å²) >= 11 is 0. The fourth-order valence-electron chi connectivity index (χ4n) is 1.89. The van der Waals surface area contributed by atoms with Gasteiger partial charge in [0.1, 0.15) is 11.5 Å². The number of methoxy groups -OCH3 is 2. The second-order valence-electron chi connectivity index (χ2n) is 4.21. The molecule has 2 aromatic rings. The van der Waals surface area contributed by atoms with Gasteiger partial charge in [-0.05, 0) is 36.8 Å². The predicted molar refractivity (Wildman–Crippen MR) is 75.8 cm³/mol. The van der Waals surface area contributed by atoms with Crippen LogP contribution in [0.2, 0.25) is 0 Å². The van der Waals surface area contributed by atoms with Crippen molar-refractivity contribution in [3.05, 3.63) is 48.3 Å². The van der Waals surface area contributed by atoms with E-state index in [0.29, 0.717) is 0 Å². The molecule has 0 aliphatic heterocycles. The zero-order valence-corrected chi connectivity index (χ0v) is 11.4. The van der Waals surface area contributed by atoms with Crippen molar-refractivity contribution < 1.29 is 9.47 Å². The second kappa shape index (κ2) is 6.09. The Morgan fingerprint density at radius 2 is 1.79 bits per heavy atom. The molecule has 1 aromatic heterocycles. The Hall–Kier alpha value is -2.23. The number of nitrogens with one attached hydrogen (secondary N) is 1. The van der Waals surface area contributed by atoms with Crippen LogP contribution in [0, 0.1) is 0 Å². The van der Waals surface area contributed by atoms with Gasteiger partial charge in [0.15, 0.2) is 0 Å². The highest BCUT2D eigenvalue weighted by Gasteiger charge is 2.09. The molecule has 4 heteroatoms. The van der Waals surface area contributed by atoms with Gasteiger partial charge in [-0.2, -0.15) is 0 Å². The van der Waals surface area contributed by atoms with Gasteiger partial charge >= 0.3 is 0 Å². The van der Waals surface area contributed by atoms with Crippen LogP contribution in [-0.4, -0.2) is 19.2 Å². The monoisotopic (exact) mass is 258 g/mol. The lowest BCUT2D eigenvalue weighted by molar-refractivity contribution is 0.395. The van der Waals surface area contributed by atoms with E-state index < -0.39 is 0 Å². The summed E-state index contributed by atoms with van der Waals surface area (Å²) < 4.78 is 10.6. The highest BCUT2D eigenvalue weighted by molar-refractivity contribution is 5.60.